The lowest BCUT2D eigenvalue weighted by Gasteiger charge is -2.13. The molecule has 2 N–H and O–H groups in total. The molecule has 2 heterocycles. The van der Waals surface area contributed by atoms with E-state index in [2.05, 4.69) is 20.3 Å². The third kappa shape index (κ3) is 4.44. The number of hydrogen-bond acceptors (Lipinski definition) is 6. The standard InChI is InChI=1S/C22H16F3N5O3S/c1-11-6-7-14(27-18(31)12-4-3-5-13(8-12)22(23,24)25)9-16(11)30-19(32)15-10-26-20(34-2)28-17(15)29-21(30)33/h3-10H,1-2H3,(H,27,31)(H,26,28,29,33). The first kappa shape index (κ1) is 23.2. The van der Waals surface area contributed by atoms with Crippen molar-refractivity contribution in [2.75, 3.05) is 11.6 Å². The Hall–Kier alpha value is -3.93. The summed E-state index contributed by atoms with van der Waals surface area (Å²) in [5.74, 6) is -0.779. The number of H-pyrrole nitrogens is 1. The lowest BCUT2D eigenvalue weighted by Crippen LogP contribution is -2.34. The van der Waals surface area contributed by atoms with Crippen LogP contribution in [-0.4, -0.2) is 31.7 Å². The summed E-state index contributed by atoms with van der Waals surface area (Å²) in [6.07, 6.45) is -1.52. The molecule has 174 valence electrons. The number of alkyl halides is 3. The zero-order valence-electron chi connectivity index (χ0n) is 17.7. The third-order valence-electron chi connectivity index (χ3n) is 4.97. The summed E-state index contributed by atoms with van der Waals surface area (Å²) in [5, 5.41) is 2.98. The fraction of sp³-hybridized carbons (Fsp3) is 0.136. The number of carbonyl (C=O) groups is 1. The SMILES string of the molecule is CSc1ncc2c(=O)n(-c3cc(NC(=O)c4cccc(C(F)(F)F)c4)ccc3C)c(=O)[nH]c2n1. The quantitative estimate of drug-likeness (QED) is 0.335. The molecule has 0 aliphatic heterocycles. The number of rotatable bonds is 4. The summed E-state index contributed by atoms with van der Waals surface area (Å²) in [5.41, 5.74) is -1.54. The van der Waals surface area contributed by atoms with E-state index in [1.54, 1.807) is 19.2 Å². The van der Waals surface area contributed by atoms with Gasteiger partial charge in [0.2, 0.25) is 0 Å². The van der Waals surface area contributed by atoms with Crippen molar-refractivity contribution in [3.05, 3.63) is 86.2 Å². The number of nitrogens with one attached hydrogen (secondary N) is 2. The number of nitrogens with zero attached hydrogens (tertiary/aromatic N) is 3. The zero-order valence-corrected chi connectivity index (χ0v) is 18.5. The second kappa shape index (κ2) is 8.78. The van der Waals surface area contributed by atoms with E-state index in [9.17, 15) is 27.6 Å². The number of amides is 1. The molecule has 0 saturated heterocycles. The maximum absolute atomic E-state index is 13.1. The number of anilines is 1. The van der Waals surface area contributed by atoms with Gasteiger partial charge in [0.05, 0.1) is 11.3 Å². The molecule has 0 saturated carbocycles. The second-order valence-corrected chi connectivity index (χ2v) is 8.00. The van der Waals surface area contributed by atoms with E-state index in [0.29, 0.717) is 10.7 Å². The van der Waals surface area contributed by atoms with Crippen molar-refractivity contribution in [2.24, 2.45) is 0 Å². The Morgan fingerprint density at radius 3 is 2.62 bits per heavy atom. The molecular weight excluding hydrogens is 471 g/mol. The second-order valence-electron chi connectivity index (χ2n) is 7.22. The van der Waals surface area contributed by atoms with Gasteiger partial charge in [0.25, 0.3) is 11.5 Å². The zero-order chi connectivity index (χ0) is 24.6. The highest BCUT2D eigenvalue weighted by atomic mass is 32.2. The number of aromatic amines is 1. The Bertz CT molecular complexity index is 1550. The highest BCUT2D eigenvalue weighted by molar-refractivity contribution is 7.98. The minimum absolute atomic E-state index is 0.0928. The van der Waals surface area contributed by atoms with Crippen LogP contribution in [0, 0.1) is 6.92 Å². The third-order valence-corrected chi connectivity index (χ3v) is 5.53. The van der Waals surface area contributed by atoms with Crippen molar-refractivity contribution < 1.29 is 18.0 Å². The molecule has 0 fully saturated rings. The van der Waals surface area contributed by atoms with Crippen LogP contribution in [0.15, 0.2) is 63.4 Å². The summed E-state index contributed by atoms with van der Waals surface area (Å²) < 4.78 is 39.8. The summed E-state index contributed by atoms with van der Waals surface area (Å²) in [6.45, 7) is 1.66. The largest absolute Gasteiger partial charge is 0.416 e. The van der Waals surface area contributed by atoms with Gasteiger partial charge in [0.1, 0.15) is 5.39 Å². The molecule has 34 heavy (non-hydrogen) atoms. The van der Waals surface area contributed by atoms with E-state index in [-0.39, 0.29) is 28.0 Å². The molecule has 12 heteroatoms. The topological polar surface area (TPSA) is 110 Å². The van der Waals surface area contributed by atoms with Crippen LogP contribution in [0.2, 0.25) is 0 Å². The molecule has 2 aromatic carbocycles. The normalized spacial score (nSPS) is 11.6. The smallest absolute Gasteiger partial charge is 0.322 e. The first-order valence-corrected chi connectivity index (χ1v) is 11.0. The predicted molar refractivity (Wildman–Crippen MR) is 122 cm³/mol. The van der Waals surface area contributed by atoms with Gasteiger partial charge in [0.15, 0.2) is 10.8 Å². The number of aromatic nitrogens is 4. The van der Waals surface area contributed by atoms with E-state index in [1.165, 1.54) is 36.2 Å². The number of thioether (sulfide) groups is 1. The number of hydrogen-bond donors (Lipinski definition) is 2. The van der Waals surface area contributed by atoms with E-state index >= 15 is 0 Å². The Morgan fingerprint density at radius 1 is 1.15 bits per heavy atom. The van der Waals surface area contributed by atoms with Crippen LogP contribution >= 0.6 is 11.8 Å². The van der Waals surface area contributed by atoms with Crippen LogP contribution < -0.4 is 16.6 Å². The van der Waals surface area contributed by atoms with Crippen LogP contribution in [0.25, 0.3) is 16.7 Å². The number of fused-ring (bicyclic) bond motifs is 1. The Balaban J connectivity index is 1.74. The highest BCUT2D eigenvalue weighted by Gasteiger charge is 2.31. The van der Waals surface area contributed by atoms with Crippen molar-refractivity contribution in [1.82, 2.24) is 19.5 Å². The van der Waals surface area contributed by atoms with E-state index in [1.807, 2.05) is 0 Å². The van der Waals surface area contributed by atoms with Gasteiger partial charge in [-0.05, 0) is 49.1 Å². The average Bonchev–Trinajstić information content (AvgIpc) is 2.80. The molecule has 2 aromatic heterocycles. The van der Waals surface area contributed by atoms with Gasteiger partial charge in [0, 0.05) is 17.4 Å². The summed E-state index contributed by atoms with van der Waals surface area (Å²) in [4.78, 5) is 49.1. The first-order chi connectivity index (χ1) is 16.1. The Labute approximate surface area is 193 Å². The van der Waals surface area contributed by atoms with Gasteiger partial charge in [-0.15, -0.1) is 0 Å². The first-order valence-electron chi connectivity index (χ1n) is 9.74. The molecule has 0 aliphatic rings. The Kier molecular flexibility index (Phi) is 6.00. The molecule has 0 unspecified atom stereocenters. The minimum atomic E-state index is -4.59. The van der Waals surface area contributed by atoms with Crippen LogP contribution in [0.4, 0.5) is 18.9 Å². The van der Waals surface area contributed by atoms with Crippen LogP contribution in [0.3, 0.4) is 0 Å². The maximum Gasteiger partial charge on any atom is 0.416 e. The molecule has 0 bridgehead atoms. The molecule has 4 rings (SSSR count). The summed E-state index contributed by atoms with van der Waals surface area (Å²) in [7, 11) is 0. The number of aryl methyl sites for hydroxylation is 1. The van der Waals surface area contributed by atoms with Crippen molar-refractivity contribution in [2.45, 2.75) is 18.3 Å². The lowest BCUT2D eigenvalue weighted by atomic mass is 10.1. The van der Waals surface area contributed by atoms with Crippen molar-refractivity contribution in [3.8, 4) is 5.69 Å². The molecule has 0 atom stereocenters. The molecular formula is C22H16F3N5O3S. The monoisotopic (exact) mass is 487 g/mol. The lowest BCUT2D eigenvalue weighted by molar-refractivity contribution is -0.137. The van der Waals surface area contributed by atoms with Gasteiger partial charge < -0.3 is 5.32 Å². The van der Waals surface area contributed by atoms with Crippen molar-refractivity contribution in [1.29, 1.82) is 0 Å². The molecule has 0 aliphatic carbocycles. The fourth-order valence-corrected chi connectivity index (χ4v) is 3.61. The summed E-state index contributed by atoms with van der Waals surface area (Å²) >= 11 is 1.25. The predicted octanol–water partition coefficient (Wildman–Crippen LogP) is 3.77. The van der Waals surface area contributed by atoms with Gasteiger partial charge in [-0.1, -0.05) is 23.9 Å². The van der Waals surface area contributed by atoms with Crippen LogP contribution in [0.5, 0.6) is 0 Å². The van der Waals surface area contributed by atoms with Crippen LogP contribution in [-0.2, 0) is 6.18 Å². The van der Waals surface area contributed by atoms with Gasteiger partial charge in [-0.2, -0.15) is 13.2 Å². The molecule has 0 spiro atoms. The molecule has 1 amide bonds. The highest BCUT2D eigenvalue weighted by Crippen LogP contribution is 2.29. The fourth-order valence-electron chi connectivity index (χ4n) is 3.27. The van der Waals surface area contributed by atoms with Gasteiger partial charge >= 0.3 is 11.9 Å². The molecule has 8 nitrogen and oxygen atoms in total. The van der Waals surface area contributed by atoms with E-state index in [4.69, 9.17) is 0 Å². The van der Waals surface area contributed by atoms with Crippen molar-refractivity contribution in [3.63, 3.8) is 0 Å². The molecule has 4 aromatic rings. The Morgan fingerprint density at radius 2 is 1.91 bits per heavy atom. The maximum atomic E-state index is 13.1. The van der Waals surface area contributed by atoms with Gasteiger partial charge in [-0.3, -0.25) is 14.6 Å². The van der Waals surface area contributed by atoms with Crippen LogP contribution in [0.1, 0.15) is 21.5 Å². The number of halogens is 3. The van der Waals surface area contributed by atoms with Gasteiger partial charge in [-0.25, -0.2) is 19.3 Å². The number of carbonyl (C=O) groups excluding carboxylic acids is 1. The van der Waals surface area contributed by atoms with E-state index in [0.717, 1.165) is 22.8 Å². The summed E-state index contributed by atoms with van der Waals surface area (Å²) in [6, 6.07) is 8.47. The van der Waals surface area contributed by atoms with Crippen molar-refractivity contribution >= 4 is 34.4 Å². The average molecular weight is 487 g/mol. The van der Waals surface area contributed by atoms with E-state index < -0.39 is 28.9 Å². The minimum Gasteiger partial charge on any atom is -0.322 e. The number of benzene rings is 2. The molecule has 0 radical (unpaired) electrons.